The standard InChI is InChI=1S/C11H8ClNO3.C11H11N5O6S2.C10H5Cl2F3N4O2/c12-8-3-4-9(16-6-10(14)15)11-7(8)2-1-5-13-11;1-5-12-9(15-11(13-5)22-2)14-10(19)16-24(20,21)6-3-4-23-7(6)8(17)18;11-5-1-4(10(13,14)15)2-6(12)8(5)18-9(16)7(3-17-18)19(20)21/h1-5H,6H2,(H,14,15);3-4H,1-2H3,(H,17,18)(H2,12,13,14,15,16,19);1-3H,16H2. The lowest BCUT2D eigenvalue weighted by Crippen LogP contribution is -2.35. The fraction of sp³-hybridized carbons (Fsp3) is 0.125. The van der Waals surface area contributed by atoms with Gasteiger partial charge in [-0.25, -0.2) is 32.2 Å². The monoisotopic (exact) mass is 950 g/mol. The Morgan fingerprint density at radius 2 is 1.72 bits per heavy atom. The summed E-state index contributed by atoms with van der Waals surface area (Å²) in [5.74, 6) is -2.41. The molecule has 0 fully saturated rings. The Balaban J connectivity index is 0.000000205. The summed E-state index contributed by atoms with van der Waals surface area (Å²) in [6.07, 6.45) is -2.18. The zero-order valence-corrected chi connectivity index (χ0v) is 34.2. The SMILES string of the molecule is COc1nc(C)nc(NC(=O)NS(=O)(=O)c2ccsc2C(=O)O)n1.Nc1c([N+](=O)[O-])cnn1-c1c(Cl)cc(C(F)(F)F)cc1Cl.O=C(O)COc1ccc(Cl)c2cccnc12. The number of carbonyl (C=O) groups is 3. The fourth-order valence-electron chi connectivity index (χ4n) is 4.54. The molecule has 4 aromatic heterocycles. The van der Waals surface area contributed by atoms with Crippen molar-refractivity contribution in [3.63, 3.8) is 0 Å². The molecule has 2 amide bonds. The van der Waals surface area contributed by atoms with Gasteiger partial charge in [0.25, 0.3) is 10.0 Å². The van der Waals surface area contributed by atoms with Crippen molar-refractivity contribution >= 4 is 102 Å². The molecule has 0 aliphatic heterocycles. The molecule has 0 saturated carbocycles. The molecule has 0 atom stereocenters. The van der Waals surface area contributed by atoms with E-state index in [4.69, 9.17) is 60.2 Å². The molecule has 6 N–H and O–H groups in total. The predicted octanol–water partition coefficient (Wildman–Crippen LogP) is 6.50. The van der Waals surface area contributed by atoms with Crippen LogP contribution in [0.4, 0.5) is 35.4 Å². The molecule has 0 aliphatic rings. The number of nitrogens with one attached hydrogen (secondary N) is 2. The van der Waals surface area contributed by atoms with Crippen LogP contribution in [0.1, 0.15) is 21.1 Å². The molecule has 21 nitrogen and oxygen atoms in total. The van der Waals surface area contributed by atoms with Crippen LogP contribution < -0.4 is 25.2 Å². The third kappa shape index (κ3) is 12.0. The Morgan fingerprint density at radius 1 is 1.05 bits per heavy atom. The van der Waals surface area contributed by atoms with Gasteiger partial charge in [-0.1, -0.05) is 34.8 Å². The quantitative estimate of drug-likeness (QED) is 0.0723. The maximum atomic E-state index is 12.6. The highest BCUT2D eigenvalue weighted by Gasteiger charge is 2.33. The van der Waals surface area contributed by atoms with Gasteiger partial charge in [0, 0.05) is 11.6 Å². The molecule has 2 aromatic carbocycles. The summed E-state index contributed by atoms with van der Waals surface area (Å²) < 4.78 is 74.5. The Morgan fingerprint density at radius 3 is 2.30 bits per heavy atom. The number of carboxylic acids is 2. The maximum absolute atomic E-state index is 12.6. The van der Waals surface area contributed by atoms with Crippen LogP contribution in [-0.2, 0) is 21.0 Å². The third-order valence-electron chi connectivity index (χ3n) is 7.04. The largest absolute Gasteiger partial charge is 0.480 e. The zero-order valence-electron chi connectivity index (χ0n) is 30.3. The summed E-state index contributed by atoms with van der Waals surface area (Å²) in [6, 6.07) is 7.96. The molecule has 0 bridgehead atoms. The number of hydrogen-bond acceptors (Lipinski definition) is 16. The van der Waals surface area contributed by atoms with E-state index in [1.807, 2.05) is 0 Å². The number of hydrogen-bond donors (Lipinski definition) is 5. The van der Waals surface area contributed by atoms with Crippen molar-refractivity contribution in [3.8, 4) is 17.4 Å². The minimum Gasteiger partial charge on any atom is -0.480 e. The Kier molecular flexibility index (Phi) is 15.2. The molecule has 0 radical (unpaired) electrons. The van der Waals surface area contributed by atoms with E-state index in [2.05, 4.69) is 30.4 Å². The van der Waals surface area contributed by atoms with E-state index >= 15 is 0 Å². The lowest BCUT2D eigenvalue weighted by molar-refractivity contribution is -0.383. The van der Waals surface area contributed by atoms with Gasteiger partial charge in [0.15, 0.2) is 6.61 Å². The number of alkyl halides is 3. The number of pyridine rings is 1. The number of rotatable bonds is 10. The summed E-state index contributed by atoms with van der Waals surface area (Å²) in [5.41, 5.74) is 4.35. The molecule has 0 spiro atoms. The molecule has 6 aromatic rings. The van der Waals surface area contributed by atoms with Gasteiger partial charge in [-0.2, -0.15) is 33.2 Å². The third-order valence-corrected chi connectivity index (χ3v) is 10.4. The summed E-state index contributed by atoms with van der Waals surface area (Å²) in [7, 11) is -3.06. The highest BCUT2D eigenvalue weighted by molar-refractivity contribution is 7.90. The average Bonchev–Trinajstić information content (AvgIpc) is 3.83. The number of carbonyl (C=O) groups excluding carboxylic acids is 1. The van der Waals surface area contributed by atoms with Crippen molar-refractivity contribution in [1.82, 2.24) is 34.4 Å². The molecule has 61 heavy (non-hydrogen) atoms. The van der Waals surface area contributed by atoms with Crippen molar-refractivity contribution in [2.45, 2.75) is 18.0 Å². The number of nitro groups is 1. The number of aromatic nitrogens is 6. The molecule has 4 heterocycles. The maximum Gasteiger partial charge on any atom is 0.416 e. The highest BCUT2D eigenvalue weighted by Crippen LogP contribution is 2.39. The van der Waals surface area contributed by atoms with Crippen molar-refractivity contribution in [1.29, 1.82) is 0 Å². The number of methoxy groups -OCH3 is 1. The molecular formula is C32H24Cl3F3N10O11S2. The van der Waals surface area contributed by atoms with E-state index in [0.717, 1.165) is 33.7 Å². The van der Waals surface area contributed by atoms with Crippen LogP contribution in [0.2, 0.25) is 15.1 Å². The molecule has 6 rings (SSSR count). The number of ether oxygens (including phenoxy) is 2. The second kappa shape index (κ2) is 19.6. The first-order valence-electron chi connectivity index (χ1n) is 15.9. The molecule has 0 unspecified atom stereocenters. The minimum absolute atomic E-state index is 0.0633. The van der Waals surface area contributed by atoms with Crippen molar-refractivity contribution in [3.05, 3.63) is 102 Å². The van der Waals surface area contributed by atoms with Gasteiger partial charge < -0.3 is 25.4 Å². The second-order valence-corrected chi connectivity index (χ2v) is 15.0. The van der Waals surface area contributed by atoms with E-state index in [1.54, 1.807) is 35.2 Å². The second-order valence-electron chi connectivity index (χ2n) is 11.2. The summed E-state index contributed by atoms with van der Waals surface area (Å²) >= 11 is 18.2. The predicted molar refractivity (Wildman–Crippen MR) is 211 cm³/mol. The number of nitrogens with two attached hydrogens (primary N) is 1. The summed E-state index contributed by atoms with van der Waals surface area (Å²) in [4.78, 5) is 57.6. The lowest BCUT2D eigenvalue weighted by atomic mass is 10.2. The number of aryl methyl sites for hydroxylation is 1. The van der Waals surface area contributed by atoms with Crippen LogP contribution in [0.5, 0.6) is 11.8 Å². The highest BCUT2D eigenvalue weighted by atomic mass is 35.5. The normalized spacial score (nSPS) is 11.0. The van der Waals surface area contributed by atoms with Crippen LogP contribution in [0.25, 0.3) is 16.6 Å². The number of carboxylic acid groups (broad SMARTS) is 2. The molecular weight excluding hydrogens is 928 g/mol. The van der Waals surface area contributed by atoms with Crippen molar-refractivity contribution < 1.29 is 60.6 Å². The van der Waals surface area contributed by atoms with Crippen LogP contribution >= 0.6 is 46.1 Å². The number of amides is 2. The number of nitrogen functional groups attached to an aromatic ring is 1. The number of anilines is 2. The number of sulfonamides is 1. The van der Waals surface area contributed by atoms with Gasteiger partial charge in [0.05, 0.1) is 32.7 Å². The first-order chi connectivity index (χ1) is 28.5. The smallest absolute Gasteiger partial charge is 0.416 e. The number of nitrogens with zero attached hydrogens (tertiary/aromatic N) is 7. The number of fused-ring (bicyclic) bond motifs is 1. The number of thiophene rings is 1. The molecule has 0 aliphatic carbocycles. The lowest BCUT2D eigenvalue weighted by Gasteiger charge is -2.12. The van der Waals surface area contributed by atoms with Gasteiger partial charge in [0.2, 0.25) is 11.8 Å². The Labute approximate surface area is 358 Å². The zero-order chi connectivity index (χ0) is 45.4. The van der Waals surface area contributed by atoms with Crippen LogP contribution in [0, 0.1) is 17.0 Å². The molecule has 29 heteroatoms. The number of halogens is 6. The van der Waals surface area contributed by atoms with Gasteiger partial charge in [0.1, 0.15) is 38.7 Å². The van der Waals surface area contributed by atoms with E-state index < -0.39 is 72.5 Å². The van der Waals surface area contributed by atoms with Gasteiger partial charge >= 0.3 is 35.8 Å². The van der Waals surface area contributed by atoms with Gasteiger partial charge in [-0.15, -0.1) is 11.3 Å². The summed E-state index contributed by atoms with van der Waals surface area (Å²) in [5, 5.41) is 35.7. The number of benzene rings is 2. The van der Waals surface area contributed by atoms with Crippen molar-refractivity contribution in [2.75, 3.05) is 24.8 Å². The number of aliphatic carboxylic acids is 1. The van der Waals surface area contributed by atoms with Crippen LogP contribution in [0.3, 0.4) is 0 Å². The Bertz CT molecular complexity index is 2740. The minimum atomic E-state index is -4.63. The average molecular weight is 952 g/mol. The van der Waals surface area contributed by atoms with Gasteiger partial charge in [-0.05, 0) is 54.8 Å². The topological polar surface area (TPSA) is 307 Å². The first kappa shape index (κ1) is 47.1. The van der Waals surface area contributed by atoms with Crippen LogP contribution in [-0.4, -0.2) is 85.0 Å². The fourth-order valence-corrected chi connectivity index (χ4v) is 7.57. The van der Waals surface area contributed by atoms with Crippen LogP contribution in [0.15, 0.2) is 65.1 Å². The molecule has 0 saturated heterocycles. The van der Waals surface area contributed by atoms with E-state index in [0.29, 0.717) is 28.4 Å². The first-order valence-corrected chi connectivity index (χ1v) is 19.4. The number of aromatic carboxylic acids is 1. The van der Waals surface area contributed by atoms with Gasteiger partial charge in [-0.3, -0.25) is 20.4 Å². The molecule has 322 valence electrons. The Hall–Kier alpha value is -6.61. The number of urea groups is 1. The van der Waals surface area contributed by atoms with E-state index in [9.17, 15) is 46.1 Å². The van der Waals surface area contributed by atoms with E-state index in [1.165, 1.54) is 19.4 Å². The van der Waals surface area contributed by atoms with E-state index in [-0.39, 0.29) is 33.5 Å². The van der Waals surface area contributed by atoms with Crippen molar-refractivity contribution in [2.24, 2.45) is 0 Å². The summed E-state index contributed by atoms with van der Waals surface area (Å²) in [6.45, 7) is 1.13.